The lowest BCUT2D eigenvalue weighted by Gasteiger charge is -2.36. The number of methoxy groups -OCH3 is 1. The number of carbonyl (C=O) groups is 2. The molecule has 3 aliphatic rings. The van der Waals surface area contributed by atoms with Gasteiger partial charge in [0.05, 0.1) is 7.11 Å². The van der Waals surface area contributed by atoms with Crippen LogP contribution in [0.5, 0.6) is 11.5 Å². The molecule has 0 aromatic heterocycles. The molecular weight excluding hydrogens is 320 g/mol. The molecule has 0 unspecified atom stereocenters. The third kappa shape index (κ3) is 2.54. The molecule has 1 aromatic rings. The molecule has 1 aromatic carbocycles. The molecule has 0 atom stereocenters. The summed E-state index contributed by atoms with van der Waals surface area (Å²) < 4.78 is 11.1. The van der Waals surface area contributed by atoms with Gasteiger partial charge in [0.15, 0.2) is 23.1 Å². The predicted octanol–water partition coefficient (Wildman–Crippen LogP) is 3.53. The van der Waals surface area contributed by atoms with Crippen LogP contribution in [0.15, 0.2) is 40.9 Å². The molecule has 2 aliphatic carbocycles. The first-order chi connectivity index (χ1) is 12.1. The molecular formula is C20H20O5. The minimum absolute atomic E-state index is 0.00214. The second-order valence-electron chi connectivity index (χ2n) is 6.69. The van der Waals surface area contributed by atoms with Gasteiger partial charge in [0.1, 0.15) is 11.5 Å². The quantitative estimate of drug-likeness (QED) is 0.891. The minimum atomic E-state index is -0.448. The van der Waals surface area contributed by atoms with E-state index in [4.69, 9.17) is 9.47 Å². The van der Waals surface area contributed by atoms with Crippen molar-refractivity contribution in [3.63, 3.8) is 0 Å². The Balaban J connectivity index is 1.89. The first kappa shape index (κ1) is 15.9. The fraction of sp³-hybridized carbons (Fsp3) is 0.400. The number of carbonyl (C=O) groups excluding carboxylic acids is 2. The number of Topliss-reactive ketones (excluding diaryl/α,β-unsaturated/α-hetero) is 2. The highest BCUT2D eigenvalue weighted by atomic mass is 16.5. The van der Waals surface area contributed by atoms with E-state index in [-0.39, 0.29) is 17.3 Å². The standard InChI is InChI=1S/C20H20O5/c1-24-15-9-8-11(10-14(15)23)18-19-12(21)4-2-6-16(19)25-17-7-3-5-13(22)20(17)18/h8-10,18,23H,2-7H2,1H3. The zero-order valence-corrected chi connectivity index (χ0v) is 14.1. The number of phenolic OH excluding ortho intramolecular Hbond substituents is 1. The van der Waals surface area contributed by atoms with E-state index in [2.05, 4.69) is 0 Å². The molecule has 0 saturated carbocycles. The van der Waals surface area contributed by atoms with Gasteiger partial charge in [0.2, 0.25) is 0 Å². The van der Waals surface area contributed by atoms with Gasteiger partial charge in [-0.15, -0.1) is 0 Å². The van der Waals surface area contributed by atoms with Crippen LogP contribution in [0.25, 0.3) is 0 Å². The van der Waals surface area contributed by atoms with Crippen molar-refractivity contribution in [3.05, 3.63) is 46.4 Å². The molecule has 0 spiro atoms. The summed E-state index contributed by atoms with van der Waals surface area (Å²) in [5.74, 6) is 1.38. The average molecular weight is 340 g/mol. The van der Waals surface area contributed by atoms with Gasteiger partial charge in [-0.05, 0) is 30.5 Å². The summed E-state index contributed by atoms with van der Waals surface area (Å²) in [5.41, 5.74) is 1.90. The van der Waals surface area contributed by atoms with Crippen LogP contribution in [0.3, 0.4) is 0 Å². The molecule has 0 bridgehead atoms. The lowest BCUT2D eigenvalue weighted by Crippen LogP contribution is -2.30. The maximum absolute atomic E-state index is 12.6. The number of rotatable bonds is 2. The fourth-order valence-corrected chi connectivity index (χ4v) is 4.04. The smallest absolute Gasteiger partial charge is 0.163 e. The topological polar surface area (TPSA) is 72.8 Å². The second-order valence-corrected chi connectivity index (χ2v) is 6.69. The Morgan fingerprint density at radius 1 is 1.00 bits per heavy atom. The molecule has 0 fully saturated rings. The molecule has 1 aliphatic heterocycles. The second kappa shape index (κ2) is 6.06. The summed E-state index contributed by atoms with van der Waals surface area (Å²) in [6, 6.07) is 5.07. The summed E-state index contributed by atoms with van der Waals surface area (Å²) in [4.78, 5) is 25.3. The van der Waals surface area contributed by atoms with Crippen molar-refractivity contribution in [1.29, 1.82) is 0 Å². The van der Waals surface area contributed by atoms with Gasteiger partial charge in [-0.3, -0.25) is 9.59 Å². The molecule has 0 radical (unpaired) electrons. The van der Waals surface area contributed by atoms with Crippen molar-refractivity contribution < 1.29 is 24.2 Å². The van der Waals surface area contributed by atoms with E-state index in [1.165, 1.54) is 7.11 Å². The summed E-state index contributed by atoms with van der Waals surface area (Å²) in [7, 11) is 1.49. The highest BCUT2D eigenvalue weighted by Crippen LogP contribution is 2.48. The zero-order valence-electron chi connectivity index (χ0n) is 14.1. The van der Waals surface area contributed by atoms with E-state index >= 15 is 0 Å². The van der Waals surface area contributed by atoms with Crippen LogP contribution in [-0.4, -0.2) is 23.8 Å². The van der Waals surface area contributed by atoms with E-state index in [0.29, 0.717) is 54.1 Å². The van der Waals surface area contributed by atoms with E-state index in [0.717, 1.165) is 18.4 Å². The van der Waals surface area contributed by atoms with Crippen LogP contribution in [0.1, 0.15) is 50.0 Å². The summed E-state index contributed by atoms with van der Waals surface area (Å²) in [6.45, 7) is 0. The number of hydrogen-bond acceptors (Lipinski definition) is 5. The normalized spacial score (nSPS) is 21.0. The van der Waals surface area contributed by atoms with Crippen LogP contribution in [0.2, 0.25) is 0 Å². The lowest BCUT2D eigenvalue weighted by molar-refractivity contribution is -0.117. The highest BCUT2D eigenvalue weighted by Gasteiger charge is 2.41. The fourth-order valence-electron chi connectivity index (χ4n) is 4.04. The molecule has 130 valence electrons. The van der Waals surface area contributed by atoms with Crippen LogP contribution < -0.4 is 4.74 Å². The molecule has 0 saturated heterocycles. The molecule has 1 heterocycles. The van der Waals surface area contributed by atoms with Gasteiger partial charge >= 0.3 is 0 Å². The van der Waals surface area contributed by atoms with Crippen LogP contribution in [-0.2, 0) is 14.3 Å². The van der Waals surface area contributed by atoms with Gasteiger partial charge in [0, 0.05) is 42.7 Å². The molecule has 5 heteroatoms. The van der Waals surface area contributed by atoms with Crippen LogP contribution in [0.4, 0.5) is 0 Å². The van der Waals surface area contributed by atoms with Crippen molar-refractivity contribution in [2.75, 3.05) is 7.11 Å². The van der Waals surface area contributed by atoms with Crippen LogP contribution in [0, 0.1) is 0 Å². The number of allylic oxidation sites excluding steroid dienone is 4. The third-order valence-electron chi connectivity index (χ3n) is 5.18. The van der Waals surface area contributed by atoms with Gasteiger partial charge in [-0.25, -0.2) is 0 Å². The summed E-state index contributed by atoms with van der Waals surface area (Å²) in [5, 5.41) is 10.2. The van der Waals surface area contributed by atoms with Crippen molar-refractivity contribution in [2.24, 2.45) is 0 Å². The Morgan fingerprint density at radius 3 is 2.12 bits per heavy atom. The van der Waals surface area contributed by atoms with Crippen molar-refractivity contribution >= 4 is 11.6 Å². The Bertz CT molecular complexity index is 788. The van der Waals surface area contributed by atoms with Crippen molar-refractivity contribution in [3.8, 4) is 11.5 Å². The molecule has 25 heavy (non-hydrogen) atoms. The van der Waals surface area contributed by atoms with Gasteiger partial charge in [-0.1, -0.05) is 6.07 Å². The largest absolute Gasteiger partial charge is 0.504 e. The Labute approximate surface area is 145 Å². The van der Waals surface area contributed by atoms with E-state index in [1.807, 2.05) is 6.07 Å². The van der Waals surface area contributed by atoms with Gasteiger partial charge in [-0.2, -0.15) is 0 Å². The Kier molecular flexibility index (Phi) is 3.86. The Morgan fingerprint density at radius 2 is 1.60 bits per heavy atom. The van der Waals surface area contributed by atoms with Gasteiger partial charge < -0.3 is 14.6 Å². The van der Waals surface area contributed by atoms with Gasteiger partial charge in [0.25, 0.3) is 0 Å². The number of benzene rings is 1. The minimum Gasteiger partial charge on any atom is -0.504 e. The highest BCUT2D eigenvalue weighted by molar-refractivity contribution is 6.05. The van der Waals surface area contributed by atoms with Crippen molar-refractivity contribution in [1.82, 2.24) is 0 Å². The first-order valence-corrected chi connectivity index (χ1v) is 8.67. The maximum atomic E-state index is 12.6. The molecule has 4 rings (SSSR count). The summed E-state index contributed by atoms with van der Waals surface area (Å²) >= 11 is 0. The Hall–Kier alpha value is -2.56. The summed E-state index contributed by atoms with van der Waals surface area (Å²) in [6.07, 6.45) is 3.91. The van der Waals surface area contributed by atoms with Crippen LogP contribution >= 0.6 is 0 Å². The number of aromatic hydroxyl groups is 1. The third-order valence-corrected chi connectivity index (χ3v) is 5.18. The van der Waals surface area contributed by atoms with Crippen molar-refractivity contribution in [2.45, 2.75) is 44.4 Å². The monoisotopic (exact) mass is 340 g/mol. The lowest BCUT2D eigenvalue weighted by atomic mass is 9.73. The molecule has 5 nitrogen and oxygen atoms in total. The number of hydrogen-bond donors (Lipinski definition) is 1. The molecule has 0 amide bonds. The number of phenols is 1. The van der Waals surface area contributed by atoms with E-state index in [1.54, 1.807) is 12.1 Å². The van der Waals surface area contributed by atoms with E-state index in [9.17, 15) is 14.7 Å². The number of ketones is 2. The first-order valence-electron chi connectivity index (χ1n) is 8.67. The average Bonchev–Trinajstić information content (AvgIpc) is 2.60. The maximum Gasteiger partial charge on any atom is 0.163 e. The number of ether oxygens (including phenoxy) is 2. The van der Waals surface area contributed by atoms with E-state index < -0.39 is 5.92 Å². The predicted molar refractivity (Wildman–Crippen MR) is 90.3 cm³/mol. The SMILES string of the molecule is COc1ccc(C2C3=C(CCCC3=O)OC3=C2C(=O)CCC3)cc1O. The molecule has 1 N–H and O–H groups in total. The zero-order chi connectivity index (χ0) is 17.6.